The van der Waals surface area contributed by atoms with E-state index in [1.807, 2.05) is 55.7 Å². The molecule has 6 nitrogen and oxygen atoms in total. The predicted molar refractivity (Wildman–Crippen MR) is 98.4 cm³/mol. The van der Waals surface area contributed by atoms with Crippen LogP contribution < -0.4 is 5.32 Å². The van der Waals surface area contributed by atoms with Crippen LogP contribution in [0.5, 0.6) is 0 Å². The van der Waals surface area contributed by atoms with Crippen molar-refractivity contribution in [2.45, 2.75) is 50.6 Å². The summed E-state index contributed by atoms with van der Waals surface area (Å²) in [6, 6.07) is 12.0. The molecule has 1 N–H and O–H groups in total. The normalized spacial score (nSPS) is 14.6. The third-order valence-electron chi connectivity index (χ3n) is 4.23. The minimum atomic E-state index is -0.894. The van der Waals surface area contributed by atoms with Crippen LogP contribution in [0.15, 0.2) is 35.5 Å². The first kappa shape index (κ1) is 19.0. The SMILES string of the molecule is Cc1nnc(S[C@@H](C)C(=O)N[C@](C)(C#N)C(C)C)n1-c1ccccc1. The van der Waals surface area contributed by atoms with Crippen molar-refractivity contribution in [1.29, 1.82) is 5.26 Å². The second-order valence-corrected chi connectivity index (χ2v) is 7.73. The highest BCUT2D eigenvalue weighted by Gasteiger charge is 2.32. The molecule has 1 aromatic heterocycles. The highest BCUT2D eigenvalue weighted by atomic mass is 32.2. The zero-order valence-corrected chi connectivity index (χ0v) is 16.0. The van der Waals surface area contributed by atoms with E-state index in [9.17, 15) is 10.1 Å². The van der Waals surface area contributed by atoms with Crippen LogP contribution in [0.2, 0.25) is 0 Å². The number of aryl methyl sites for hydroxylation is 1. The Morgan fingerprint density at radius 2 is 1.92 bits per heavy atom. The van der Waals surface area contributed by atoms with E-state index >= 15 is 0 Å². The quantitative estimate of drug-likeness (QED) is 0.803. The van der Waals surface area contributed by atoms with E-state index in [1.54, 1.807) is 13.8 Å². The van der Waals surface area contributed by atoms with Gasteiger partial charge in [-0.3, -0.25) is 9.36 Å². The summed E-state index contributed by atoms with van der Waals surface area (Å²) in [5.41, 5.74) is 0.0544. The number of carbonyl (C=O) groups is 1. The lowest BCUT2D eigenvalue weighted by Gasteiger charge is -2.28. The van der Waals surface area contributed by atoms with E-state index in [4.69, 9.17) is 0 Å². The second kappa shape index (κ2) is 7.70. The molecule has 2 aromatic rings. The van der Waals surface area contributed by atoms with Crippen LogP contribution in [0.3, 0.4) is 0 Å². The maximum Gasteiger partial charge on any atom is 0.234 e. The van der Waals surface area contributed by atoms with E-state index in [0.29, 0.717) is 5.16 Å². The van der Waals surface area contributed by atoms with Crippen molar-refractivity contribution in [3.8, 4) is 11.8 Å². The Balaban J connectivity index is 2.18. The Bertz CT molecular complexity index is 781. The third kappa shape index (κ3) is 4.20. The summed E-state index contributed by atoms with van der Waals surface area (Å²) in [5, 5.41) is 20.8. The van der Waals surface area contributed by atoms with E-state index < -0.39 is 10.8 Å². The minimum absolute atomic E-state index is 0.00821. The number of aromatic nitrogens is 3. The number of carbonyl (C=O) groups excluding carboxylic acids is 1. The summed E-state index contributed by atoms with van der Waals surface area (Å²) in [6.07, 6.45) is 0. The summed E-state index contributed by atoms with van der Waals surface area (Å²) < 4.78 is 1.92. The van der Waals surface area contributed by atoms with Crippen molar-refractivity contribution in [3.63, 3.8) is 0 Å². The Morgan fingerprint density at radius 1 is 1.28 bits per heavy atom. The zero-order chi connectivity index (χ0) is 18.6. The van der Waals surface area contributed by atoms with Crippen LogP contribution >= 0.6 is 11.8 Å². The van der Waals surface area contributed by atoms with Gasteiger partial charge >= 0.3 is 0 Å². The fraction of sp³-hybridized carbons (Fsp3) is 0.444. The van der Waals surface area contributed by atoms with Gasteiger partial charge in [-0.25, -0.2) is 0 Å². The summed E-state index contributed by atoms with van der Waals surface area (Å²) in [7, 11) is 0. The summed E-state index contributed by atoms with van der Waals surface area (Å²) in [4.78, 5) is 12.5. The topological polar surface area (TPSA) is 83.6 Å². The predicted octanol–water partition coefficient (Wildman–Crippen LogP) is 3.11. The fourth-order valence-corrected chi connectivity index (χ4v) is 3.08. The summed E-state index contributed by atoms with van der Waals surface area (Å²) >= 11 is 1.32. The van der Waals surface area contributed by atoms with Gasteiger partial charge in [0.1, 0.15) is 11.4 Å². The van der Waals surface area contributed by atoms with Gasteiger partial charge in [0.25, 0.3) is 0 Å². The van der Waals surface area contributed by atoms with Gasteiger partial charge in [-0.15, -0.1) is 10.2 Å². The summed E-state index contributed by atoms with van der Waals surface area (Å²) in [5.74, 6) is 0.572. The molecular formula is C18H23N5OS. The molecule has 1 aromatic carbocycles. The van der Waals surface area contributed by atoms with Crippen molar-refractivity contribution in [1.82, 2.24) is 20.1 Å². The Labute approximate surface area is 152 Å². The molecule has 0 aliphatic heterocycles. The number of nitriles is 1. The van der Waals surface area contributed by atoms with Gasteiger partial charge in [0.05, 0.1) is 11.3 Å². The van der Waals surface area contributed by atoms with Crippen molar-refractivity contribution >= 4 is 17.7 Å². The van der Waals surface area contributed by atoms with Crippen LogP contribution in [0, 0.1) is 24.2 Å². The monoisotopic (exact) mass is 357 g/mol. The van der Waals surface area contributed by atoms with Crippen LogP contribution in [0.25, 0.3) is 5.69 Å². The van der Waals surface area contributed by atoms with Crippen LogP contribution in [0.1, 0.15) is 33.5 Å². The largest absolute Gasteiger partial charge is 0.337 e. The van der Waals surface area contributed by atoms with Gasteiger partial charge in [0.2, 0.25) is 5.91 Å². The number of nitrogens with one attached hydrogen (secondary N) is 1. The number of nitrogens with zero attached hydrogens (tertiary/aromatic N) is 4. The smallest absolute Gasteiger partial charge is 0.234 e. The average molecular weight is 357 g/mol. The fourth-order valence-electron chi connectivity index (χ4n) is 2.16. The lowest BCUT2D eigenvalue weighted by molar-refractivity contribution is -0.121. The first-order valence-electron chi connectivity index (χ1n) is 8.16. The number of benzene rings is 1. The zero-order valence-electron chi connectivity index (χ0n) is 15.1. The van der Waals surface area contributed by atoms with Crippen molar-refractivity contribution in [3.05, 3.63) is 36.2 Å². The number of amides is 1. The van der Waals surface area contributed by atoms with Crippen LogP contribution in [-0.2, 0) is 4.79 Å². The third-order valence-corrected chi connectivity index (χ3v) is 5.27. The van der Waals surface area contributed by atoms with Gasteiger partial charge < -0.3 is 5.32 Å². The van der Waals surface area contributed by atoms with Gasteiger partial charge in [0, 0.05) is 5.69 Å². The van der Waals surface area contributed by atoms with Crippen molar-refractivity contribution < 1.29 is 4.79 Å². The van der Waals surface area contributed by atoms with E-state index in [0.717, 1.165) is 11.5 Å². The molecule has 0 spiro atoms. The molecule has 1 amide bonds. The molecule has 0 unspecified atom stereocenters. The minimum Gasteiger partial charge on any atom is -0.337 e. The maximum absolute atomic E-state index is 12.5. The van der Waals surface area contributed by atoms with Gasteiger partial charge in [0.15, 0.2) is 5.16 Å². The lowest BCUT2D eigenvalue weighted by Crippen LogP contribution is -2.51. The van der Waals surface area contributed by atoms with Gasteiger partial charge in [-0.05, 0) is 38.8 Å². The van der Waals surface area contributed by atoms with E-state index in [2.05, 4.69) is 21.6 Å². The molecule has 0 saturated carbocycles. The average Bonchev–Trinajstić information content (AvgIpc) is 2.95. The molecule has 25 heavy (non-hydrogen) atoms. The number of rotatable bonds is 6. The van der Waals surface area contributed by atoms with Crippen LogP contribution in [0.4, 0.5) is 0 Å². The lowest BCUT2D eigenvalue weighted by atomic mass is 9.90. The van der Waals surface area contributed by atoms with E-state index in [1.165, 1.54) is 11.8 Å². The molecule has 1 heterocycles. The molecule has 0 aliphatic rings. The number of hydrogen-bond acceptors (Lipinski definition) is 5. The highest BCUT2D eigenvalue weighted by Crippen LogP contribution is 2.26. The highest BCUT2D eigenvalue weighted by molar-refractivity contribution is 8.00. The standard InChI is InChI=1S/C18H23N5OS/c1-12(2)18(5,11-19)20-16(24)13(3)25-17-22-21-14(4)23(17)15-9-7-6-8-10-15/h6-10,12-13H,1-5H3,(H,20,24)/t13-,18+/m0/s1. The van der Waals surface area contributed by atoms with Crippen molar-refractivity contribution in [2.75, 3.05) is 0 Å². The molecule has 2 rings (SSSR count). The number of thioether (sulfide) groups is 1. The molecule has 132 valence electrons. The second-order valence-electron chi connectivity index (χ2n) is 6.42. The molecule has 0 radical (unpaired) electrons. The summed E-state index contributed by atoms with van der Waals surface area (Å²) in [6.45, 7) is 9.24. The van der Waals surface area contributed by atoms with Crippen LogP contribution in [-0.4, -0.2) is 31.5 Å². The molecule has 2 atom stereocenters. The Hall–Kier alpha value is -2.33. The first-order chi connectivity index (χ1) is 11.8. The first-order valence-corrected chi connectivity index (χ1v) is 9.04. The van der Waals surface area contributed by atoms with Gasteiger partial charge in [-0.1, -0.05) is 43.8 Å². The molecule has 7 heteroatoms. The molecular weight excluding hydrogens is 334 g/mol. The molecule has 0 aliphatic carbocycles. The number of hydrogen-bond donors (Lipinski definition) is 1. The van der Waals surface area contributed by atoms with Gasteiger partial charge in [-0.2, -0.15) is 5.26 Å². The van der Waals surface area contributed by atoms with Crippen molar-refractivity contribution in [2.24, 2.45) is 5.92 Å². The Kier molecular flexibility index (Phi) is 5.85. The van der Waals surface area contributed by atoms with E-state index in [-0.39, 0.29) is 11.8 Å². The molecule has 0 fully saturated rings. The number of para-hydroxylation sites is 1. The molecule has 0 saturated heterocycles. The Morgan fingerprint density at radius 3 is 2.48 bits per heavy atom. The maximum atomic E-state index is 12.5. The molecule has 0 bridgehead atoms.